The molecule has 1 aromatic heterocycles. The average Bonchev–Trinajstić information content (AvgIpc) is 2.61. The molecule has 0 N–H and O–H groups in total. The molecule has 0 saturated heterocycles. The highest BCUT2D eigenvalue weighted by Crippen LogP contribution is 2.22. The molecule has 3 nitrogen and oxygen atoms in total. The highest BCUT2D eigenvalue weighted by atomic mass is 16.2. The lowest BCUT2D eigenvalue weighted by Crippen LogP contribution is -2.31. The predicted octanol–water partition coefficient (Wildman–Crippen LogP) is 4.31. The summed E-state index contributed by atoms with van der Waals surface area (Å²) in [5.74, 6) is 0.0984. The zero-order valence-corrected chi connectivity index (χ0v) is 14.4. The first kappa shape index (κ1) is 16.2. The number of likely N-dealkylation sites (N-methyl/N-ethyl adjacent to an activating group) is 1. The van der Waals surface area contributed by atoms with Crippen molar-refractivity contribution in [3.05, 3.63) is 77.5 Å². The minimum Gasteiger partial charge on any atom is -0.339 e. The van der Waals surface area contributed by atoms with E-state index in [9.17, 15) is 4.79 Å². The van der Waals surface area contributed by atoms with E-state index in [0.29, 0.717) is 6.42 Å². The number of rotatable bonds is 4. The van der Waals surface area contributed by atoms with Gasteiger partial charge in [0.25, 0.3) is 0 Å². The second-order valence-electron chi connectivity index (χ2n) is 6.26. The van der Waals surface area contributed by atoms with Crippen LogP contribution in [0.3, 0.4) is 0 Å². The quantitative estimate of drug-likeness (QED) is 0.718. The van der Waals surface area contributed by atoms with Crippen LogP contribution in [0.5, 0.6) is 0 Å². The number of aromatic nitrogens is 1. The molecule has 122 valence electrons. The van der Waals surface area contributed by atoms with Gasteiger partial charge >= 0.3 is 0 Å². The Morgan fingerprint density at radius 2 is 1.79 bits per heavy atom. The number of carbonyl (C=O) groups is 1. The number of nitrogens with zero attached hydrogens (tertiary/aromatic N) is 2. The van der Waals surface area contributed by atoms with Crippen LogP contribution in [0.2, 0.25) is 0 Å². The molecular weight excluding hydrogens is 296 g/mol. The number of benzene rings is 2. The number of fused-ring (bicyclic) bond motifs is 1. The molecule has 1 amide bonds. The van der Waals surface area contributed by atoms with E-state index in [-0.39, 0.29) is 11.9 Å². The first-order chi connectivity index (χ1) is 11.6. The normalized spacial score (nSPS) is 12.1. The number of amides is 1. The summed E-state index contributed by atoms with van der Waals surface area (Å²) in [6.45, 7) is 4.13. The summed E-state index contributed by atoms with van der Waals surface area (Å²) in [6.07, 6.45) is 2.13. The number of aryl methyl sites for hydroxylation is 1. The van der Waals surface area contributed by atoms with Crippen LogP contribution >= 0.6 is 0 Å². The largest absolute Gasteiger partial charge is 0.339 e. The van der Waals surface area contributed by atoms with E-state index in [0.717, 1.165) is 22.0 Å². The molecule has 2 aromatic carbocycles. The van der Waals surface area contributed by atoms with Gasteiger partial charge in [0.2, 0.25) is 5.91 Å². The van der Waals surface area contributed by atoms with E-state index < -0.39 is 0 Å². The molecule has 1 heterocycles. The van der Waals surface area contributed by atoms with Crippen LogP contribution in [0.4, 0.5) is 0 Å². The Labute approximate surface area is 143 Å². The third-order valence-corrected chi connectivity index (χ3v) is 4.59. The maximum Gasteiger partial charge on any atom is 0.227 e. The molecule has 0 bridgehead atoms. The molecule has 3 heteroatoms. The van der Waals surface area contributed by atoms with Crippen molar-refractivity contribution in [2.45, 2.75) is 26.3 Å². The highest BCUT2D eigenvalue weighted by molar-refractivity contribution is 5.87. The topological polar surface area (TPSA) is 33.2 Å². The summed E-state index contributed by atoms with van der Waals surface area (Å²) in [5, 5.41) is 1.07. The van der Waals surface area contributed by atoms with E-state index >= 15 is 0 Å². The van der Waals surface area contributed by atoms with Gasteiger partial charge in [0.1, 0.15) is 0 Å². The van der Waals surface area contributed by atoms with Crippen molar-refractivity contribution in [1.29, 1.82) is 0 Å². The van der Waals surface area contributed by atoms with E-state index in [2.05, 4.69) is 43.1 Å². The number of hydrogen-bond acceptors (Lipinski definition) is 2. The molecule has 0 saturated carbocycles. The van der Waals surface area contributed by atoms with E-state index in [1.54, 1.807) is 6.20 Å². The SMILES string of the molecule is Cc1ccc(C(C)N(C)C(=O)Cc2cccc3cccnc23)cc1. The summed E-state index contributed by atoms with van der Waals surface area (Å²) in [5.41, 5.74) is 4.25. The van der Waals surface area contributed by atoms with Crippen LogP contribution in [0, 0.1) is 6.92 Å². The summed E-state index contributed by atoms with van der Waals surface area (Å²) in [7, 11) is 1.87. The summed E-state index contributed by atoms with van der Waals surface area (Å²) in [4.78, 5) is 19.0. The smallest absolute Gasteiger partial charge is 0.227 e. The molecule has 0 aliphatic heterocycles. The fourth-order valence-electron chi connectivity index (χ4n) is 2.88. The van der Waals surface area contributed by atoms with Crippen LogP contribution in [0.15, 0.2) is 60.8 Å². The number of pyridine rings is 1. The fourth-order valence-corrected chi connectivity index (χ4v) is 2.88. The molecule has 24 heavy (non-hydrogen) atoms. The van der Waals surface area contributed by atoms with Crippen molar-refractivity contribution in [3.63, 3.8) is 0 Å². The third kappa shape index (κ3) is 3.30. The molecule has 3 rings (SSSR count). The van der Waals surface area contributed by atoms with Crippen molar-refractivity contribution in [2.75, 3.05) is 7.05 Å². The Kier molecular flexibility index (Phi) is 4.61. The Morgan fingerprint density at radius 1 is 1.08 bits per heavy atom. The van der Waals surface area contributed by atoms with Gasteiger partial charge < -0.3 is 4.90 Å². The Hall–Kier alpha value is -2.68. The number of para-hydroxylation sites is 1. The van der Waals surface area contributed by atoms with Crippen LogP contribution in [0.1, 0.15) is 29.7 Å². The van der Waals surface area contributed by atoms with Crippen molar-refractivity contribution >= 4 is 16.8 Å². The molecule has 0 aliphatic rings. The lowest BCUT2D eigenvalue weighted by molar-refractivity contribution is -0.131. The van der Waals surface area contributed by atoms with Gasteiger partial charge in [-0.05, 0) is 31.0 Å². The van der Waals surface area contributed by atoms with Crippen LogP contribution in [-0.2, 0) is 11.2 Å². The Morgan fingerprint density at radius 3 is 2.54 bits per heavy atom. The van der Waals surface area contributed by atoms with Crippen LogP contribution in [-0.4, -0.2) is 22.8 Å². The lowest BCUT2D eigenvalue weighted by atomic mass is 10.0. The zero-order valence-electron chi connectivity index (χ0n) is 14.4. The third-order valence-electron chi connectivity index (χ3n) is 4.59. The molecule has 0 radical (unpaired) electrons. The number of hydrogen-bond donors (Lipinski definition) is 0. The first-order valence-electron chi connectivity index (χ1n) is 8.21. The van der Waals surface area contributed by atoms with Crippen LogP contribution in [0.25, 0.3) is 10.9 Å². The monoisotopic (exact) mass is 318 g/mol. The number of carbonyl (C=O) groups excluding carboxylic acids is 1. The van der Waals surface area contributed by atoms with Gasteiger partial charge in [0, 0.05) is 18.6 Å². The standard InChI is InChI=1S/C21H22N2O/c1-15-9-11-17(12-10-15)16(2)23(3)20(24)14-19-7-4-6-18-8-5-13-22-21(18)19/h4-13,16H,14H2,1-3H3. The van der Waals surface area contributed by atoms with Crippen molar-refractivity contribution in [1.82, 2.24) is 9.88 Å². The highest BCUT2D eigenvalue weighted by Gasteiger charge is 2.18. The van der Waals surface area contributed by atoms with Crippen molar-refractivity contribution in [2.24, 2.45) is 0 Å². The molecular formula is C21H22N2O. The van der Waals surface area contributed by atoms with Gasteiger partial charge in [-0.1, -0.05) is 54.1 Å². The van der Waals surface area contributed by atoms with Gasteiger partial charge in [-0.2, -0.15) is 0 Å². The van der Waals surface area contributed by atoms with Gasteiger partial charge in [-0.15, -0.1) is 0 Å². The molecule has 1 unspecified atom stereocenters. The predicted molar refractivity (Wildman–Crippen MR) is 97.8 cm³/mol. The Balaban J connectivity index is 1.79. The van der Waals surface area contributed by atoms with E-state index in [1.165, 1.54) is 5.56 Å². The second kappa shape index (κ2) is 6.83. The maximum absolute atomic E-state index is 12.7. The van der Waals surface area contributed by atoms with Gasteiger partial charge in [-0.25, -0.2) is 0 Å². The minimum absolute atomic E-state index is 0.0426. The lowest BCUT2D eigenvalue weighted by Gasteiger charge is -2.25. The molecule has 0 aliphatic carbocycles. The maximum atomic E-state index is 12.7. The molecule has 1 atom stereocenters. The van der Waals surface area contributed by atoms with Gasteiger partial charge in [-0.3, -0.25) is 9.78 Å². The fraction of sp³-hybridized carbons (Fsp3) is 0.238. The second-order valence-corrected chi connectivity index (χ2v) is 6.26. The zero-order chi connectivity index (χ0) is 17.1. The summed E-state index contributed by atoms with van der Waals surface area (Å²) < 4.78 is 0. The molecule has 0 spiro atoms. The summed E-state index contributed by atoms with van der Waals surface area (Å²) in [6, 6.07) is 18.3. The van der Waals surface area contributed by atoms with E-state index in [4.69, 9.17) is 0 Å². The summed E-state index contributed by atoms with van der Waals surface area (Å²) >= 11 is 0. The molecule has 0 fully saturated rings. The minimum atomic E-state index is 0.0426. The van der Waals surface area contributed by atoms with Crippen molar-refractivity contribution in [3.8, 4) is 0 Å². The van der Waals surface area contributed by atoms with Crippen molar-refractivity contribution < 1.29 is 4.79 Å². The first-order valence-corrected chi connectivity index (χ1v) is 8.21. The Bertz CT molecular complexity index is 850. The van der Waals surface area contributed by atoms with Crippen LogP contribution < -0.4 is 0 Å². The van der Waals surface area contributed by atoms with E-state index in [1.807, 2.05) is 42.3 Å². The average molecular weight is 318 g/mol. The molecule has 3 aromatic rings. The van der Waals surface area contributed by atoms with Gasteiger partial charge in [0.05, 0.1) is 18.0 Å². The van der Waals surface area contributed by atoms with Gasteiger partial charge in [0.15, 0.2) is 0 Å².